The van der Waals surface area contributed by atoms with Crippen LogP contribution in [0, 0.1) is 11.3 Å². The second-order valence-corrected chi connectivity index (χ2v) is 11.3. The SMILES string of the molecule is N#C/C(=C\c1c(N(Cc2ccccc2)Cc2ccccc2)nc2ccccn2c1=O)S(=O)(=O)c1ccc(Cl)cc1. The summed E-state index contributed by atoms with van der Waals surface area (Å²) >= 11 is 5.94. The fourth-order valence-electron chi connectivity index (χ4n) is 4.31. The van der Waals surface area contributed by atoms with E-state index in [-0.39, 0.29) is 16.3 Å². The van der Waals surface area contributed by atoms with Crippen LogP contribution in [-0.2, 0) is 22.9 Å². The molecule has 40 heavy (non-hydrogen) atoms. The number of fused-ring (bicyclic) bond motifs is 1. The summed E-state index contributed by atoms with van der Waals surface area (Å²) in [4.78, 5) is 19.9. The molecule has 7 nitrogen and oxygen atoms in total. The summed E-state index contributed by atoms with van der Waals surface area (Å²) in [5.74, 6) is 0.267. The molecular weight excluding hydrogens is 544 g/mol. The van der Waals surface area contributed by atoms with Crippen molar-refractivity contribution >= 4 is 39.0 Å². The van der Waals surface area contributed by atoms with E-state index in [1.807, 2.05) is 65.6 Å². The van der Waals surface area contributed by atoms with Gasteiger partial charge in [0.05, 0.1) is 10.5 Å². The van der Waals surface area contributed by atoms with Crippen LogP contribution >= 0.6 is 11.6 Å². The maximum atomic E-state index is 13.8. The first kappa shape index (κ1) is 26.9. The molecule has 0 bridgehead atoms. The molecule has 0 N–H and O–H groups in total. The Labute approximate surface area is 236 Å². The molecular formula is C31H23ClN4O3S. The van der Waals surface area contributed by atoms with E-state index in [9.17, 15) is 18.5 Å². The smallest absolute Gasteiger partial charge is 0.267 e. The van der Waals surface area contributed by atoms with Gasteiger partial charge < -0.3 is 4.90 Å². The molecule has 3 aromatic carbocycles. The predicted molar refractivity (Wildman–Crippen MR) is 156 cm³/mol. The summed E-state index contributed by atoms with van der Waals surface area (Å²) in [5.41, 5.74) is 1.83. The predicted octanol–water partition coefficient (Wildman–Crippen LogP) is 5.89. The number of allylic oxidation sites excluding steroid dienone is 1. The van der Waals surface area contributed by atoms with Crippen LogP contribution in [0.3, 0.4) is 0 Å². The van der Waals surface area contributed by atoms with Crippen molar-refractivity contribution in [3.8, 4) is 6.07 Å². The molecule has 0 aliphatic carbocycles. The maximum Gasteiger partial charge on any atom is 0.267 e. The number of sulfone groups is 1. The van der Waals surface area contributed by atoms with Crippen molar-refractivity contribution < 1.29 is 8.42 Å². The zero-order chi connectivity index (χ0) is 28.1. The van der Waals surface area contributed by atoms with Gasteiger partial charge in [-0.3, -0.25) is 9.20 Å². The molecule has 0 fully saturated rings. The molecule has 9 heteroatoms. The van der Waals surface area contributed by atoms with Crippen molar-refractivity contribution in [3.05, 3.63) is 146 Å². The van der Waals surface area contributed by atoms with E-state index in [2.05, 4.69) is 0 Å². The number of nitrogens with zero attached hydrogens (tertiary/aromatic N) is 4. The highest BCUT2D eigenvalue weighted by Crippen LogP contribution is 2.27. The van der Waals surface area contributed by atoms with Crippen LogP contribution in [0.25, 0.3) is 11.7 Å². The Morgan fingerprint density at radius 3 is 2.02 bits per heavy atom. The van der Waals surface area contributed by atoms with Crippen molar-refractivity contribution in [3.63, 3.8) is 0 Å². The second kappa shape index (κ2) is 11.6. The maximum absolute atomic E-state index is 13.8. The van der Waals surface area contributed by atoms with Crippen LogP contribution in [0.5, 0.6) is 0 Å². The van der Waals surface area contributed by atoms with Gasteiger partial charge in [0.25, 0.3) is 5.56 Å². The zero-order valence-corrected chi connectivity index (χ0v) is 22.8. The molecule has 0 atom stereocenters. The number of halogens is 1. The van der Waals surface area contributed by atoms with Gasteiger partial charge in [0, 0.05) is 24.3 Å². The van der Waals surface area contributed by atoms with Crippen molar-refractivity contribution in [2.24, 2.45) is 0 Å². The Bertz CT molecular complexity index is 1860. The van der Waals surface area contributed by atoms with Crippen LogP contribution in [0.1, 0.15) is 16.7 Å². The Morgan fingerprint density at radius 2 is 1.45 bits per heavy atom. The van der Waals surface area contributed by atoms with Crippen molar-refractivity contribution in [1.29, 1.82) is 5.26 Å². The molecule has 0 radical (unpaired) electrons. The van der Waals surface area contributed by atoms with E-state index in [0.29, 0.717) is 23.8 Å². The van der Waals surface area contributed by atoms with E-state index < -0.39 is 20.3 Å². The highest BCUT2D eigenvalue weighted by Gasteiger charge is 2.25. The fraction of sp³-hybridized carbons (Fsp3) is 0.0645. The molecule has 5 rings (SSSR count). The number of pyridine rings is 1. The highest BCUT2D eigenvalue weighted by atomic mass is 35.5. The number of anilines is 1. The van der Waals surface area contributed by atoms with Gasteiger partial charge >= 0.3 is 0 Å². The topological polar surface area (TPSA) is 95.5 Å². The Kier molecular flexibility index (Phi) is 7.78. The van der Waals surface area contributed by atoms with Crippen molar-refractivity contribution in [2.45, 2.75) is 18.0 Å². The highest BCUT2D eigenvalue weighted by molar-refractivity contribution is 7.95. The second-order valence-electron chi connectivity index (χ2n) is 8.99. The zero-order valence-electron chi connectivity index (χ0n) is 21.2. The minimum absolute atomic E-state index is 0.00958. The summed E-state index contributed by atoms with van der Waals surface area (Å²) in [5, 5.41) is 10.3. The summed E-state index contributed by atoms with van der Waals surface area (Å²) in [6.07, 6.45) is 2.68. The van der Waals surface area contributed by atoms with Crippen LogP contribution in [0.4, 0.5) is 5.82 Å². The van der Waals surface area contributed by atoms with Crippen LogP contribution in [0.15, 0.2) is 124 Å². The minimum atomic E-state index is -4.25. The van der Waals surface area contributed by atoms with Crippen LogP contribution < -0.4 is 10.5 Å². The minimum Gasteiger partial charge on any atom is -0.347 e. The van der Waals surface area contributed by atoms with Gasteiger partial charge in [-0.05, 0) is 53.6 Å². The molecule has 5 aromatic rings. The van der Waals surface area contributed by atoms with Gasteiger partial charge in [-0.2, -0.15) is 5.26 Å². The van der Waals surface area contributed by atoms with Gasteiger partial charge in [0.15, 0.2) is 0 Å². The molecule has 0 saturated heterocycles. The van der Waals surface area contributed by atoms with Gasteiger partial charge in [0.2, 0.25) is 9.84 Å². The van der Waals surface area contributed by atoms with Crippen molar-refractivity contribution in [2.75, 3.05) is 4.90 Å². The quantitative estimate of drug-likeness (QED) is 0.217. The summed E-state index contributed by atoms with van der Waals surface area (Å²) < 4.78 is 28.2. The number of hydrogen-bond donors (Lipinski definition) is 0. The molecule has 0 unspecified atom stereocenters. The molecule has 0 saturated carbocycles. The van der Waals surface area contributed by atoms with Gasteiger partial charge in [-0.25, -0.2) is 13.4 Å². The molecule has 0 aliphatic heterocycles. The molecule has 198 valence electrons. The first-order chi connectivity index (χ1) is 19.4. The van der Waals surface area contributed by atoms with E-state index in [0.717, 1.165) is 17.2 Å². The number of aromatic nitrogens is 2. The monoisotopic (exact) mass is 566 g/mol. The third kappa shape index (κ3) is 5.66. The Balaban J connectivity index is 1.74. The van der Waals surface area contributed by atoms with Crippen molar-refractivity contribution in [1.82, 2.24) is 9.38 Å². The number of benzene rings is 3. The van der Waals surface area contributed by atoms with E-state index in [1.165, 1.54) is 28.7 Å². The first-order valence-electron chi connectivity index (χ1n) is 12.3. The lowest BCUT2D eigenvalue weighted by molar-refractivity contribution is 0.603. The standard InChI is InChI=1S/C31H23ClN4O3S/c32-25-14-16-26(17-15-25)40(38,39)27(20-33)19-28-30(34-29-13-7-8-18-36(29)31(28)37)35(21-23-9-3-1-4-10-23)22-24-11-5-2-6-12-24/h1-19H,21-22H2/b27-19+. The first-order valence-corrected chi connectivity index (χ1v) is 14.2. The lowest BCUT2D eigenvalue weighted by Gasteiger charge is -2.26. The Morgan fingerprint density at radius 1 is 0.875 bits per heavy atom. The van der Waals surface area contributed by atoms with Gasteiger partial charge in [-0.1, -0.05) is 78.3 Å². The molecule has 2 heterocycles. The molecule has 0 amide bonds. The number of rotatable bonds is 8. The van der Waals surface area contributed by atoms with Gasteiger partial charge in [0.1, 0.15) is 22.4 Å². The van der Waals surface area contributed by atoms with Crippen LogP contribution in [-0.4, -0.2) is 17.8 Å². The normalized spacial score (nSPS) is 11.8. The number of nitriles is 1. The third-order valence-corrected chi connectivity index (χ3v) is 8.21. The fourth-order valence-corrected chi connectivity index (χ4v) is 5.58. The van der Waals surface area contributed by atoms with E-state index in [4.69, 9.17) is 16.6 Å². The summed E-state index contributed by atoms with van der Waals surface area (Å²) in [6, 6.07) is 31.9. The largest absolute Gasteiger partial charge is 0.347 e. The lowest BCUT2D eigenvalue weighted by atomic mass is 10.1. The molecule has 0 spiro atoms. The third-order valence-electron chi connectivity index (χ3n) is 6.28. The Hall–Kier alpha value is -4.71. The van der Waals surface area contributed by atoms with E-state index >= 15 is 0 Å². The van der Waals surface area contributed by atoms with Gasteiger partial charge in [-0.15, -0.1) is 0 Å². The van der Waals surface area contributed by atoms with Crippen LogP contribution in [0.2, 0.25) is 5.02 Å². The average Bonchev–Trinajstić information content (AvgIpc) is 2.97. The lowest BCUT2D eigenvalue weighted by Crippen LogP contribution is -2.29. The summed E-state index contributed by atoms with van der Waals surface area (Å²) in [7, 11) is -4.25. The molecule has 2 aromatic heterocycles. The molecule has 0 aliphatic rings. The average molecular weight is 567 g/mol. The summed E-state index contributed by atoms with van der Waals surface area (Å²) in [6.45, 7) is 0.773. The number of hydrogen-bond acceptors (Lipinski definition) is 6. The van der Waals surface area contributed by atoms with E-state index in [1.54, 1.807) is 30.5 Å².